The molecule has 4 rings (SSSR count). The Bertz CT molecular complexity index is 1490. The maximum absolute atomic E-state index is 13.4. The zero-order valence-corrected chi connectivity index (χ0v) is 25.1. The van der Waals surface area contributed by atoms with Crippen LogP contribution < -0.4 is 20.7 Å². The summed E-state index contributed by atoms with van der Waals surface area (Å²) in [5.41, 5.74) is 3.87. The minimum absolute atomic E-state index is 0.0357. The van der Waals surface area contributed by atoms with E-state index in [-0.39, 0.29) is 24.8 Å². The number of carbonyl (C=O) groups is 3. The average molecular weight is 594 g/mol. The molecule has 0 fully saturated rings. The molecule has 0 aromatic heterocycles. The summed E-state index contributed by atoms with van der Waals surface area (Å²) in [5.74, 6) is 0.141. The summed E-state index contributed by atoms with van der Waals surface area (Å²) < 4.78 is 11.1. The van der Waals surface area contributed by atoms with Gasteiger partial charge in [0.25, 0.3) is 0 Å². The highest BCUT2D eigenvalue weighted by Gasteiger charge is 2.27. The van der Waals surface area contributed by atoms with E-state index in [1.165, 1.54) is 7.11 Å². The lowest BCUT2D eigenvalue weighted by Crippen LogP contribution is -2.55. The van der Waals surface area contributed by atoms with Crippen LogP contribution >= 0.6 is 0 Å². The second-order valence-electron chi connectivity index (χ2n) is 10.6. The molecule has 0 bridgehead atoms. The molecule has 0 heterocycles. The Morgan fingerprint density at radius 1 is 0.682 bits per heavy atom. The van der Waals surface area contributed by atoms with Crippen LogP contribution in [0.4, 0.5) is 0 Å². The summed E-state index contributed by atoms with van der Waals surface area (Å²) in [6.45, 7) is 2.29. The van der Waals surface area contributed by atoms with Gasteiger partial charge in [-0.3, -0.25) is 14.4 Å². The van der Waals surface area contributed by atoms with Crippen molar-refractivity contribution in [3.05, 3.63) is 131 Å². The zero-order chi connectivity index (χ0) is 31.1. The fraction of sp³-hybridized carbons (Fsp3) is 0.250. The molecule has 4 aromatic rings. The molecular weight excluding hydrogens is 554 g/mol. The molecule has 2 atom stereocenters. The highest BCUT2D eigenvalue weighted by atomic mass is 16.5. The Balaban J connectivity index is 1.38. The largest absolute Gasteiger partial charge is 0.457 e. The third-order valence-corrected chi connectivity index (χ3v) is 7.01. The van der Waals surface area contributed by atoms with E-state index in [0.29, 0.717) is 30.9 Å². The quantitative estimate of drug-likeness (QED) is 0.182. The Labute approximate surface area is 258 Å². The number of hydrogen-bond acceptors (Lipinski definition) is 5. The summed E-state index contributed by atoms with van der Waals surface area (Å²) in [4.78, 5) is 39.7. The zero-order valence-electron chi connectivity index (χ0n) is 25.1. The first kappa shape index (κ1) is 32.0. The van der Waals surface area contributed by atoms with Gasteiger partial charge in [-0.1, -0.05) is 90.5 Å². The second kappa shape index (κ2) is 16.6. The number of para-hydroxylation sites is 1. The standard InChI is InChI=1S/C36H39N3O5/c1-26-16-18-28(19-17-26)24-37-35(41)32(21-20-27-10-5-3-6-11-27)39-36(42)33(25-43-2)38-34(40)23-29-12-9-15-31(22-29)44-30-13-7-4-8-14-30/h3-19,22,32-33H,20-21,23-25H2,1-2H3,(H,37,41)(H,38,40)(H,39,42)/t32-,33-/m0/s1. The molecule has 0 aliphatic heterocycles. The molecule has 3 N–H and O–H groups in total. The summed E-state index contributed by atoms with van der Waals surface area (Å²) in [7, 11) is 1.46. The normalized spacial score (nSPS) is 12.0. The lowest BCUT2D eigenvalue weighted by molar-refractivity contribution is -0.133. The van der Waals surface area contributed by atoms with Crippen LogP contribution in [0.1, 0.15) is 28.7 Å². The van der Waals surface area contributed by atoms with Crippen LogP contribution in [0.2, 0.25) is 0 Å². The molecule has 0 aliphatic rings. The highest BCUT2D eigenvalue weighted by molar-refractivity contribution is 5.92. The first-order chi connectivity index (χ1) is 21.4. The van der Waals surface area contributed by atoms with Gasteiger partial charge in [-0.25, -0.2) is 0 Å². The van der Waals surface area contributed by atoms with Gasteiger partial charge in [-0.05, 0) is 60.7 Å². The van der Waals surface area contributed by atoms with Crippen LogP contribution in [-0.2, 0) is 38.5 Å². The van der Waals surface area contributed by atoms with Crippen molar-refractivity contribution < 1.29 is 23.9 Å². The van der Waals surface area contributed by atoms with Crippen LogP contribution in [-0.4, -0.2) is 43.5 Å². The number of aryl methyl sites for hydroxylation is 2. The van der Waals surface area contributed by atoms with Crippen LogP contribution in [0.15, 0.2) is 109 Å². The van der Waals surface area contributed by atoms with Gasteiger partial charge in [0.2, 0.25) is 17.7 Å². The molecule has 0 saturated carbocycles. The molecule has 0 radical (unpaired) electrons. The van der Waals surface area contributed by atoms with Crippen molar-refractivity contribution >= 4 is 17.7 Å². The number of hydrogen-bond donors (Lipinski definition) is 3. The van der Waals surface area contributed by atoms with E-state index in [1.807, 2.05) is 110 Å². The molecule has 0 saturated heterocycles. The maximum atomic E-state index is 13.4. The molecule has 44 heavy (non-hydrogen) atoms. The van der Waals surface area contributed by atoms with E-state index in [1.54, 1.807) is 6.07 Å². The first-order valence-electron chi connectivity index (χ1n) is 14.7. The lowest BCUT2D eigenvalue weighted by Gasteiger charge is -2.23. The molecular formula is C36H39N3O5. The van der Waals surface area contributed by atoms with Gasteiger partial charge in [-0.15, -0.1) is 0 Å². The Morgan fingerprint density at radius 3 is 2.05 bits per heavy atom. The molecule has 0 aliphatic carbocycles. The molecule has 0 spiro atoms. The summed E-state index contributed by atoms with van der Waals surface area (Å²) in [5, 5.41) is 8.57. The molecule has 8 heteroatoms. The summed E-state index contributed by atoms with van der Waals surface area (Å²) in [6.07, 6.45) is 1.01. The van der Waals surface area contributed by atoms with Crippen molar-refractivity contribution in [2.24, 2.45) is 0 Å². The maximum Gasteiger partial charge on any atom is 0.245 e. The smallest absolute Gasteiger partial charge is 0.245 e. The minimum atomic E-state index is -0.986. The van der Waals surface area contributed by atoms with Gasteiger partial charge in [0, 0.05) is 13.7 Å². The van der Waals surface area contributed by atoms with E-state index in [4.69, 9.17) is 9.47 Å². The van der Waals surface area contributed by atoms with Gasteiger partial charge in [0.1, 0.15) is 23.6 Å². The van der Waals surface area contributed by atoms with E-state index in [2.05, 4.69) is 16.0 Å². The SMILES string of the molecule is COC[C@H](NC(=O)Cc1cccc(Oc2ccccc2)c1)C(=O)N[C@@H](CCc1ccccc1)C(=O)NCc1ccc(C)cc1. The van der Waals surface area contributed by atoms with Crippen molar-refractivity contribution in [3.63, 3.8) is 0 Å². The lowest BCUT2D eigenvalue weighted by atomic mass is 10.0. The van der Waals surface area contributed by atoms with E-state index < -0.39 is 18.0 Å². The van der Waals surface area contributed by atoms with Crippen LogP contribution in [0.5, 0.6) is 11.5 Å². The third kappa shape index (κ3) is 10.4. The van der Waals surface area contributed by atoms with Gasteiger partial charge in [0.05, 0.1) is 13.0 Å². The number of carbonyl (C=O) groups excluding carboxylic acids is 3. The number of nitrogens with one attached hydrogen (secondary N) is 3. The van der Waals surface area contributed by atoms with Gasteiger partial charge >= 0.3 is 0 Å². The number of ether oxygens (including phenoxy) is 2. The molecule has 4 aromatic carbocycles. The minimum Gasteiger partial charge on any atom is -0.457 e. The fourth-order valence-corrected chi connectivity index (χ4v) is 4.64. The first-order valence-corrected chi connectivity index (χ1v) is 14.7. The second-order valence-corrected chi connectivity index (χ2v) is 10.6. The van der Waals surface area contributed by atoms with Crippen molar-refractivity contribution in [2.75, 3.05) is 13.7 Å². The van der Waals surface area contributed by atoms with Crippen LogP contribution in [0.3, 0.4) is 0 Å². The number of amides is 3. The predicted octanol–water partition coefficient (Wildman–Crippen LogP) is 4.90. The summed E-state index contributed by atoms with van der Waals surface area (Å²) in [6, 6.07) is 32.5. The van der Waals surface area contributed by atoms with Crippen molar-refractivity contribution in [2.45, 2.75) is 44.8 Å². The highest BCUT2D eigenvalue weighted by Crippen LogP contribution is 2.22. The third-order valence-electron chi connectivity index (χ3n) is 7.01. The topological polar surface area (TPSA) is 106 Å². The Morgan fingerprint density at radius 2 is 1.34 bits per heavy atom. The number of benzene rings is 4. The van der Waals surface area contributed by atoms with E-state index in [0.717, 1.165) is 22.3 Å². The molecule has 228 valence electrons. The van der Waals surface area contributed by atoms with Gasteiger partial charge in [-0.2, -0.15) is 0 Å². The van der Waals surface area contributed by atoms with E-state index >= 15 is 0 Å². The Kier molecular flexibility index (Phi) is 12.1. The molecule has 3 amide bonds. The van der Waals surface area contributed by atoms with Gasteiger partial charge < -0.3 is 25.4 Å². The predicted molar refractivity (Wildman–Crippen MR) is 170 cm³/mol. The average Bonchev–Trinajstić information content (AvgIpc) is 3.03. The van der Waals surface area contributed by atoms with Crippen molar-refractivity contribution in [3.8, 4) is 11.5 Å². The van der Waals surface area contributed by atoms with Gasteiger partial charge in [0.15, 0.2) is 0 Å². The number of methoxy groups -OCH3 is 1. The van der Waals surface area contributed by atoms with Crippen LogP contribution in [0, 0.1) is 6.92 Å². The number of rotatable bonds is 15. The fourth-order valence-electron chi connectivity index (χ4n) is 4.64. The Hall–Kier alpha value is -4.95. The van der Waals surface area contributed by atoms with Crippen molar-refractivity contribution in [1.29, 1.82) is 0 Å². The monoisotopic (exact) mass is 593 g/mol. The van der Waals surface area contributed by atoms with E-state index in [9.17, 15) is 14.4 Å². The summed E-state index contributed by atoms with van der Waals surface area (Å²) >= 11 is 0. The molecule has 0 unspecified atom stereocenters. The molecule has 8 nitrogen and oxygen atoms in total. The van der Waals surface area contributed by atoms with Crippen molar-refractivity contribution in [1.82, 2.24) is 16.0 Å². The van der Waals surface area contributed by atoms with Crippen LogP contribution in [0.25, 0.3) is 0 Å².